The second-order valence-corrected chi connectivity index (χ2v) is 10.1. The normalized spacial score (nSPS) is 16.5. The number of hydrogen-bond donors (Lipinski definition) is 0. The van der Waals surface area contributed by atoms with Gasteiger partial charge in [0, 0.05) is 29.8 Å². The van der Waals surface area contributed by atoms with Crippen LogP contribution in [-0.4, -0.2) is 19.1 Å². The summed E-state index contributed by atoms with van der Waals surface area (Å²) in [5, 5.41) is 10.4. The molecule has 1 aliphatic rings. The van der Waals surface area contributed by atoms with E-state index in [1.807, 2.05) is 62.5 Å². The molecule has 3 aromatic heterocycles. The molecule has 188 valence electrons. The Hall–Kier alpha value is -4.76. The maximum Gasteiger partial charge on any atom is 0.333 e. The molecule has 5 rings (SSSR count). The summed E-state index contributed by atoms with van der Waals surface area (Å²) in [5.41, 5.74) is 6.05. The molecule has 0 radical (unpaired) electrons. The first-order valence-electron chi connectivity index (χ1n) is 12.5. The van der Waals surface area contributed by atoms with Crippen molar-refractivity contribution in [1.82, 2.24) is 19.1 Å². The van der Waals surface area contributed by atoms with Crippen LogP contribution < -0.4 is 5.69 Å². The van der Waals surface area contributed by atoms with Gasteiger partial charge in [0.05, 0.1) is 45.6 Å². The molecule has 0 N–H and O–H groups in total. The van der Waals surface area contributed by atoms with Crippen molar-refractivity contribution in [2.45, 2.75) is 20.3 Å². The highest BCUT2D eigenvalue weighted by atomic mass is 16.1. The highest BCUT2D eigenvalue weighted by Crippen LogP contribution is 2.33. The number of rotatable bonds is 5. The fourth-order valence-corrected chi connectivity index (χ4v) is 4.93. The molecule has 4 aromatic rings. The lowest BCUT2D eigenvalue weighted by Gasteiger charge is -2.24. The van der Waals surface area contributed by atoms with Gasteiger partial charge >= 0.3 is 5.69 Å². The van der Waals surface area contributed by atoms with Gasteiger partial charge in [0.15, 0.2) is 0 Å². The van der Waals surface area contributed by atoms with Crippen LogP contribution in [0.4, 0.5) is 0 Å². The average molecular weight is 500 g/mol. The van der Waals surface area contributed by atoms with Gasteiger partial charge in [-0.15, -0.1) is 0 Å². The molecule has 0 bridgehead atoms. The summed E-state index contributed by atoms with van der Waals surface area (Å²) in [6, 6.07) is 10.5. The van der Waals surface area contributed by atoms with E-state index in [-0.39, 0.29) is 11.6 Å². The number of pyridine rings is 2. The van der Waals surface area contributed by atoms with Gasteiger partial charge in [-0.3, -0.25) is 19.1 Å². The predicted octanol–water partition coefficient (Wildman–Crippen LogP) is 6.76. The highest BCUT2D eigenvalue weighted by Gasteiger charge is 2.27. The van der Waals surface area contributed by atoms with E-state index in [2.05, 4.69) is 41.3 Å². The van der Waals surface area contributed by atoms with Crippen LogP contribution in [0.2, 0.25) is 0 Å². The molecule has 0 spiro atoms. The zero-order chi connectivity index (χ0) is 27.0. The van der Waals surface area contributed by atoms with Gasteiger partial charge in [0.1, 0.15) is 0 Å². The minimum absolute atomic E-state index is 0.0833. The molecule has 0 saturated carbocycles. The lowest BCUT2D eigenvalue weighted by atomic mass is 9.77. The molecular weight excluding hydrogens is 470 g/mol. The Balaban J connectivity index is 1.72. The van der Waals surface area contributed by atoms with Crippen molar-refractivity contribution in [3.05, 3.63) is 102 Å². The molecule has 6 nitrogen and oxygen atoms in total. The molecule has 3 heterocycles. The van der Waals surface area contributed by atoms with E-state index in [1.54, 1.807) is 34.5 Å². The molecule has 1 atom stereocenters. The lowest BCUT2D eigenvalue weighted by molar-refractivity contribution is 0.357. The Bertz CT molecular complexity index is 1800. The third-order valence-electron chi connectivity index (χ3n) is 7.34. The smallest absolute Gasteiger partial charge is 0.293 e. The SMILES string of the molecule is C=Cc1cc(-c2ccc3ncc4c(c3c2)n(C2=C/C=C/C(C(C)(C)C#N)CC=C2)c(=O)n4C)cnc1C=C. The Morgan fingerprint density at radius 3 is 2.68 bits per heavy atom. The third kappa shape index (κ3) is 4.12. The number of fused-ring (bicyclic) bond motifs is 3. The number of imidazole rings is 1. The third-order valence-corrected chi connectivity index (χ3v) is 7.34. The van der Waals surface area contributed by atoms with Crippen LogP contribution in [0.15, 0.2) is 85.0 Å². The molecule has 0 aliphatic heterocycles. The van der Waals surface area contributed by atoms with Gasteiger partial charge in [-0.25, -0.2) is 4.79 Å². The molecule has 0 fully saturated rings. The minimum atomic E-state index is -0.481. The number of nitrogens with zero attached hydrogens (tertiary/aromatic N) is 5. The molecular formula is C32H29N5O. The number of benzene rings is 1. The van der Waals surface area contributed by atoms with Crippen LogP contribution in [0.25, 0.3) is 50.9 Å². The van der Waals surface area contributed by atoms with Crippen molar-refractivity contribution in [2.75, 3.05) is 0 Å². The number of aryl methyl sites for hydroxylation is 1. The Kier molecular flexibility index (Phi) is 6.30. The van der Waals surface area contributed by atoms with Crippen LogP contribution >= 0.6 is 0 Å². The van der Waals surface area contributed by atoms with Gasteiger partial charge in [-0.2, -0.15) is 5.26 Å². The van der Waals surface area contributed by atoms with Crippen molar-refractivity contribution >= 4 is 39.8 Å². The Labute approximate surface area is 221 Å². The van der Waals surface area contributed by atoms with E-state index in [4.69, 9.17) is 0 Å². The summed E-state index contributed by atoms with van der Waals surface area (Å²) >= 11 is 0. The maximum atomic E-state index is 13.5. The summed E-state index contributed by atoms with van der Waals surface area (Å²) in [7, 11) is 1.77. The largest absolute Gasteiger partial charge is 0.333 e. The fraction of sp³-hybridized carbons (Fsp3) is 0.188. The Morgan fingerprint density at radius 2 is 1.95 bits per heavy atom. The van der Waals surface area contributed by atoms with Crippen LogP contribution in [0, 0.1) is 22.7 Å². The first-order chi connectivity index (χ1) is 18.3. The van der Waals surface area contributed by atoms with E-state index in [0.29, 0.717) is 6.42 Å². The molecule has 6 heteroatoms. The van der Waals surface area contributed by atoms with Crippen LogP contribution in [0.1, 0.15) is 31.5 Å². The first kappa shape index (κ1) is 24.9. The quantitative estimate of drug-likeness (QED) is 0.304. The maximum absolute atomic E-state index is 13.5. The lowest BCUT2D eigenvalue weighted by Crippen LogP contribution is -2.22. The summed E-state index contributed by atoms with van der Waals surface area (Å²) in [4.78, 5) is 22.7. The molecule has 0 amide bonds. The summed E-state index contributed by atoms with van der Waals surface area (Å²) in [6.45, 7) is 11.6. The second kappa shape index (κ2) is 9.60. The average Bonchev–Trinajstić information content (AvgIpc) is 3.17. The fourth-order valence-electron chi connectivity index (χ4n) is 4.93. The molecule has 1 aromatic carbocycles. The number of nitriles is 1. The number of allylic oxidation sites excluding steroid dienone is 6. The second-order valence-electron chi connectivity index (χ2n) is 10.1. The van der Waals surface area contributed by atoms with Crippen LogP contribution in [-0.2, 0) is 7.05 Å². The standard InChI is InChI=1S/C32H29N5O/c1-6-21-16-23(18-34-27(21)7-2)22-14-15-28-26(17-22)30-29(19-35-28)36(5)31(38)37(30)25-12-8-10-24(11-9-13-25)32(3,4)20-33/h6-10,12-19,24H,1-2,11H2,3-5H3/b10-8+,13-9?,25-12?. The minimum Gasteiger partial charge on any atom is -0.293 e. The van der Waals surface area contributed by atoms with E-state index in [9.17, 15) is 10.1 Å². The molecule has 1 unspecified atom stereocenters. The first-order valence-corrected chi connectivity index (χ1v) is 12.5. The van der Waals surface area contributed by atoms with Crippen LogP contribution in [0.3, 0.4) is 0 Å². The van der Waals surface area contributed by atoms with Crippen molar-refractivity contribution in [3.63, 3.8) is 0 Å². The van der Waals surface area contributed by atoms with E-state index >= 15 is 0 Å². The molecule has 0 saturated heterocycles. The summed E-state index contributed by atoms with van der Waals surface area (Å²) in [6.07, 6.45) is 17.7. The highest BCUT2D eigenvalue weighted by molar-refractivity contribution is 6.05. The zero-order valence-corrected chi connectivity index (χ0v) is 21.8. The van der Waals surface area contributed by atoms with Gasteiger partial charge < -0.3 is 0 Å². The van der Waals surface area contributed by atoms with E-state index < -0.39 is 5.41 Å². The van der Waals surface area contributed by atoms with Gasteiger partial charge in [-0.05, 0) is 68.2 Å². The van der Waals surface area contributed by atoms with Crippen molar-refractivity contribution in [3.8, 4) is 17.2 Å². The van der Waals surface area contributed by atoms with Crippen molar-refractivity contribution in [2.24, 2.45) is 18.4 Å². The van der Waals surface area contributed by atoms with Crippen LogP contribution in [0.5, 0.6) is 0 Å². The van der Waals surface area contributed by atoms with Gasteiger partial charge in [0.25, 0.3) is 0 Å². The zero-order valence-electron chi connectivity index (χ0n) is 21.8. The van der Waals surface area contributed by atoms with Crippen molar-refractivity contribution < 1.29 is 0 Å². The number of hydrogen-bond acceptors (Lipinski definition) is 4. The Morgan fingerprint density at radius 1 is 1.13 bits per heavy atom. The monoisotopic (exact) mass is 499 g/mol. The van der Waals surface area contributed by atoms with Gasteiger partial charge in [0.2, 0.25) is 0 Å². The van der Waals surface area contributed by atoms with E-state index in [0.717, 1.165) is 50.0 Å². The summed E-state index contributed by atoms with van der Waals surface area (Å²) in [5.74, 6) is 0.0833. The predicted molar refractivity (Wildman–Crippen MR) is 156 cm³/mol. The van der Waals surface area contributed by atoms with Gasteiger partial charge in [-0.1, -0.05) is 43.5 Å². The van der Waals surface area contributed by atoms with E-state index in [1.165, 1.54) is 0 Å². The summed E-state index contributed by atoms with van der Waals surface area (Å²) < 4.78 is 3.37. The van der Waals surface area contributed by atoms with Crippen molar-refractivity contribution in [1.29, 1.82) is 5.26 Å². The molecule has 38 heavy (non-hydrogen) atoms. The topological polar surface area (TPSA) is 76.5 Å². The number of aromatic nitrogens is 4. The molecule has 1 aliphatic carbocycles.